The fraction of sp³-hybridized carbons (Fsp3) is 0.231. The zero-order chi connectivity index (χ0) is 11.8. The first-order valence-corrected chi connectivity index (χ1v) is 7.17. The number of hydrogen-bond acceptors (Lipinski definition) is 3. The standard InChI is InChI=1S/C13H12BrNOS/c14-11-6-9(7-17-11)12(15)10-3-1-2-8-4-5-16-13(8)10/h1-3,6-7,12H,4-5,15H2. The van der Waals surface area contributed by atoms with Gasteiger partial charge in [0, 0.05) is 12.0 Å². The van der Waals surface area contributed by atoms with Gasteiger partial charge in [0.1, 0.15) is 5.75 Å². The molecule has 3 rings (SSSR count). The molecule has 0 radical (unpaired) electrons. The molecule has 2 N–H and O–H groups in total. The fourth-order valence-corrected chi connectivity index (χ4v) is 3.36. The molecule has 2 nitrogen and oxygen atoms in total. The summed E-state index contributed by atoms with van der Waals surface area (Å²) in [6, 6.07) is 8.20. The molecule has 0 fully saturated rings. The molecule has 1 aromatic heterocycles. The largest absolute Gasteiger partial charge is 0.493 e. The average molecular weight is 310 g/mol. The molecule has 1 aliphatic heterocycles. The molecule has 0 amide bonds. The molecule has 1 aliphatic rings. The van der Waals surface area contributed by atoms with Crippen molar-refractivity contribution in [2.75, 3.05) is 6.61 Å². The first kappa shape index (κ1) is 11.3. The second kappa shape index (κ2) is 4.44. The third-order valence-electron chi connectivity index (χ3n) is 3.03. The second-order valence-corrected chi connectivity index (χ2v) is 6.39. The van der Waals surface area contributed by atoms with Crippen LogP contribution in [0.25, 0.3) is 0 Å². The summed E-state index contributed by atoms with van der Waals surface area (Å²) in [5.41, 5.74) is 9.80. The molecular weight excluding hydrogens is 298 g/mol. The maximum Gasteiger partial charge on any atom is 0.127 e. The smallest absolute Gasteiger partial charge is 0.127 e. The minimum Gasteiger partial charge on any atom is -0.493 e. The average Bonchev–Trinajstić information content (AvgIpc) is 2.95. The molecule has 0 saturated heterocycles. The Bertz CT molecular complexity index is 552. The molecule has 1 unspecified atom stereocenters. The lowest BCUT2D eigenvalue weighted by molar-refractivity contribution is 0.352. The number of para-hydroxylation sites is 1. The maximum absolute atomic E-state index is 6.31. The molecule has 2 heterocycles. The third kappa shape index (κ3) is 2.01. The van der Waals surface area contributed by atoms with E-state index in [1.54, 1.807) is 11.3 Å². The maximum atomic E-state index is 6.31. The van der Waals surface area contributed by atoms with Crippen LogP contribution in [0.5, 0.6) is 5.75 Å². The first-order chi connectivity index (χ1) is 8.25. The Hall–Kier alpha value is -0.840. The Kier molecular flexibility index (Phi) is 2.94. The van der Waals surface area contributed by atoms with E-state index in [4.69, 9.17) is 10.5 Å². The van der Waals surface area contributed by atoms with Gasteiger partial charge in [0.15, 0.2) is 0 Å². The Labute approximate surface area is 113 Å². The van der Waals surface area contributed by atoms with Crippen LogP contribution in [0.15, 0.2) is 33.4 Å². The van der Waals surface area contributed by atoms with Gasteiger partial charge in [-0.25, -0.2) is 0 Å². The fourth-order valence-electron chi connectivity index (χ4n) is 2.15. The lowest BCUT2D eigenvalue weighted by atomic mass is 9.98. The summed E-state index contributed by atoms with van der Waals surface area (Å²) in [5, 5.41) is 2.09. The van der Waals surface area contributed by atoms with Crippen molar-refractivity contribution < 1.29 is 4.74 Å². The van der Waals surface area contributed by atoms with E-state index in [1.807, 2.05) is 0 Å². The van der Waals surface area contributed by atoms with Crippen LogP contribution in [-0.4, -0.2) is 6.61 Å². The van der Waals surface area contributed by atoms with Gasteiger partial charge in [-0.2, -0.15) is 0 Å². The van der Waals surface area contributed by atoms with E-state index in [0.717, 1.165) is 33.7 Å². The first-order valence-electron chi connectivity index (χ1n) is 5.50. The van der Waals surface area contributed by atoms with Crippen LogP contribution in [0.3, 0.4) is 0 Å². The van der Waals surface area contributed by atoms with E-state index < -0.39 is 0 Å². The molecule has 88 valence electrons. The minimum absolute atomic E-state index is 0.106. The molecule has 4 heteroatoms. The van der Waals surface area contributed by atoms with E-state index in [0.29, 0.717) is 0 Å². The van der Waals surface area contributed by atoms with Crippen molar-refractivity contribution >= 4 is 27.3 Å². The molecule has 0 spiro atoms. The topological polar surface area (TPSA) is 35.2 Å². The lowest BCUT2D eigenvalue weighted by Gasteiger charge is -2.14. The molecule has 17 heavy (non-hydrogen) atoms. The highest BCUT2D eigenvalue weighted by molar-refractivity contribution is 9.11. The van der Waals surface area contributed by atoms with Crippen molar-refractivity contribution in [1.29, 1.82) is 0 Å². The molecular formula is C13H12BrNOS. The highest BCUT2D eigenvalue weighted by atomic mass is 79.9. The summed E-state index contributed by atoms with van der Waals surface area (Å²) in [6.07, 6.45) is 0.989. The van der Waals surface area contributed by atoms with E-state index >= 15 is 0 Å². The van der Waals surface area contributed by atoms with Crippen molar-refractivity contribution in [2.45, 2.75) is 12.5 Å². The zero-order valence-electron chi connectivity index (χ0n) is 9.15. The summed E-state index contributed by atoms with van der Waals surface area (Å²) in [6.45, 7) is 0.770. The number of thiophene rings is 1. The number of hydrogen-bond donors (Lipinski definition) is 1. The van der Waals surface area contributed by atoms with E-state index in [2.05, 4.69) is 45.6 Å². The number of benzene rings is 1. The SMILES string of the molecule is NC(c1csc(Br)c1)c1cccc2c1OCC2. The third-order valence-corrected chi connectivity index (χ3v) is 4.55. The van der Waals surface area contributed by atoms with Crippen molar-refractivity contribution in [2.24, 2.45) is 5.73 Å². The highest BCUT2D eigenvalue weighted by Gasteiger charge is 2.21. The minimum atomic E-state index is -0.106. The Morgan fingerprint density at radius 2 is 2.29 bits per heavy atom. The number of nitrogens with two attached hydrogens (primary N) is 1. The molecule has 0 aliphatic carbocycles. The lowest BCUT2D eigenvalue weighted by Crippen LogP contribution is -2.12. The quantitative estimate of drug-likeness (QED) is 0.921. The van der Waals surface area contributed by atoms with Crippen LogP contribution < -0.4 is 10.5 Å². The molecule has 1 atom stereocenters. The van der Waals surface area contributed by atoms with Crippen molar-refractivity contribution in [3.05, 3.63) is 50.1 Å². The van der Waals surface area contributed by atoms with Crippen LogP contribution in [0.1, 0.15) is 22.7 Å². The van der Waals surface area contributed by atoms with Crippen molar-refractivity contribution in [3.63, 3.8) is 0 Å². The Morgan fingerprint density at radius 3 is 3.06 bits per heavy atom. The summed E-state index contributed by atoms with van der Waals surface area (Å²) in [5.74, 6) is 0.988. The van der Waals surface area contributed by atoms with Crippen molar-refractivity contribution in [3.8, 4) is 5.75 Å². The van der Waals surface area contributed by atoms with Gasteiger partial charge in [0.05, 0.1) is 16.4 Å². The van der Waals surface area contributed by atoms with Crippen LogP contribution in [0, 0.1) is 0 Å². The monoisotopic (exact) mass is 309 g/mol. The predicted molar refractivity (Wildman–Crippen MR) is 73.7 cm³/mol. The van der Waals surface area contributed by atoms with E-state index in [9.17, 15) is 0 Å². The molecule has 1 aromatic carbocycles. The summed E-state index contributed by atoms with van der Waals surface area (Å²) in [4.78, 5) is 0. The van der Waals surface area contributed by atoms with Gasteiger partial charge in [0.25, 0.3) is 0 Å². The predicted octanol–water partition coefficient (Wildman–Crippen LogP) is 3.49. The van der Waals surface area contributed by atoms with Gasteiger partial charge in [-0.15, -0.1) is 11.3 Å². The molecule has 2 aromatic rings. The van der Waals surface area contributed by atoms with Crippen LogP contribution in [0.2, 0.25) is 0 Å². The van der Waals surface area contributed by atoms with E-state index in [1.165, 1.54) is 5.56 Å². The van der Waals surface area contributed by atoms with Crippen LogP contribution >= 0.6 is 27.3 Å². The van der Waals surface area contributed by atoms with Crippen LogP contribution in [-0.2, 0) is 6.42 Å². The Balaban J connectivity index is 2.02. The molecule has 0 saturated carbocycles. The number of rotatable bonds is 2. The van der Waals surface area contributed by atoms with Gasteiger partial charge in [-0.05, 0) is 38.5 Å². The van der Waals surface area contributed by atoms with E-state index in [-0.39, 0.29) is 6.04 Å². The summed E-state index contributed by atoms with van der Waals surface area (Å²) in [7, 11) is 0. The highest BCUT2D eigenvalue weighted by Crippen LogP contribution is 2.36. The van der Waals surface area contributed by atoms with Crippen molar-refractivity contribution in [1.82, 2.24) is 0 Å². The van der Waals surface area contributed by atoms with Crippen LogP contribution in [0.4, 0.5) is 0 Å². The number of halogens is 1. The van der Waals surface area contributed by atoms with Gasteiger partial charge in [0.2, 0.25) is 0 Å². The molecule has 0 bridgehead atoms. The van der Waals surface area contributed by atoms with Gasteiger partial charge in [-0.1, -0.05) is 18.2 Å². The number of fused-ring (bicyclic) bond motifs is 1. The van der Waals surface area contributed by atoms with Gasteiger partial charge >= 0.3 is 0 Å². The summed E-state index contributed by atoms with van der Waals surface area (Å²) < 4.78 is 6.80. The number of ether oxygens (including phenoxy) is 1. The Morgan fingerprint density at radius 1 is 1.41 bits per heavy atom. The normalized spacial score (nSPS) is 15.4. The van der Waals surface area contributed by atoms with Gasteiger partial charge < -0.3 is 10.5 Å². The van der Waals surface area contributed by atoms with Gasteiger partial charge in [-0.3, -0.25) is 0 Å². The summed E-state index contributed by atoms with van der Waals surface area (Å²) >= 11 is 5.12. The second-order valence-electron chi connectivity index (χ2n) is 4.10. The zero-order valence-corrected chi connectivity index (χ0v) is 11.6.